The summed E-state index contributed by atoms with van der Waals surface area (Å²) in [4.78, 5) is 22.1. The molecule has 0 radical (unpaired) electrons. The van der Waals surface area contributed by atoms with Crippen molar-refractivity contribution in [2.75, 3.05) is 26.7 Å². The quantitative estimate of drug-likeness (QED) is 0.350. The summed E-state index contributed by atoms with van der Waals surface area (Å²) >= 11 is 0. The van der Waals surface area contributed by atoms with E-state index in [4.69, 9.17) is 10.5 Å². The summed E-state index contributed by atoms with van der Waals surface area (Å²) in [5.41, 5.74) is 6.46. The Morgan fingerprint density at radius 2 is 2.22 bits per heavy atom. The molecule has 8 heteroatoms. The Labute approximate surface area is 178 Å². The van der Waals surface area contributed by atoms with Crippen molar-refractivity contribution in [1.29, 1.82) is 0 Å². The first-order valence-corrected chi connectivity index (χ1v) is 9.45. The van der Waals surface area contributed by atoms with Gasteiger partial charge in [0.2, 0.25) is 11.8 Å². The van der Waals surface area contributed by atoms with Crippen molar-refractivity contribution in [2.24, 2.45) is 22.6 Å². The number of nitrogens with one attached hydrogen (secondary N) is 1. The number of primary amides is 1. The van der Waals surface area contributed by atoms with Gasteiger partial charge in [-0.25, -0.2) is 4.98 Å². The SMILES string of the molecule is CN=C(NCc1ccnc(OCC2CC2)c1)N1CCCC(CC(N)=O)C1.I. The smallest absolute Gasteiger partial charge is 0.217 e. The number of piperidine rings is 1. The maximum Gasteiger partial charge on any atom is 0.217 e. The molecule has 3 N–H and O–H groups in total. The van der Waals surface area contributed by atoms with Crippen LogP contribution in [0, 0.1) is 11.8 Å². The minimum atomic E-state index is -0.227. The predicted octanol–water partition coefficient (Wildman–Crippen LogP) is 2.15. The second-order valence-electron chi connectivity index (χ2n) is 7.28. The van der Waals surface area contributed by atoms with Crippen molar-refractivity contribution >= 4 is 35.8 Å². The van der Waals surface area contributed by atoms with Crippen molar-refractivity contribution in [1.82, 2.24) is 15.2 Å². The van der Waals surface area contributed by atoms with Gasteiger partial charge >= 0.3 is 0 Å². The lowest BCUT2D eigenvalue weighted by Crippen LogP contribution is -2.46. The van der Waals surface area contributed by atoms with Crippen LogP contribution in [-0.2, 0) is 11.3 Å². The molecule has 0 spiro atoms. The van der Waals surface area contributed by atoms with Crippen molar-refractivity contribution in [3.63, 3.8) is 0 Å². The average molecular weight is 487 g/mol. The summed E-state index contributed by atoms with van der Waals surface area (Å²) in [5, 5.41) is 3.41. The number of ether oxygens (including phenoxy) is 1. The zero-order valence-electron chi connectivity index (χ0n) is 15.9. The third kappa shape index (κ3) is 7.15. The Balaban J connectivity index is 0.00000261. The van der Waals surface area contributed by atoms with E-state index in [1.165, 1.54) is 12.8 Å². The van der Waals surface area contributed by atoms with Crippen molar-refractivity contribution in [3.8, 4) is 5.88 Å². The molecule has 1 aromatic heterocycles. The molecule has 2 heterocycles. The van der Waals surface area contributed by atoms with Gasteiger partial charge in [0.25, 0.3) is 0 Å². The van der Waals surface area contributed by atoms with Crippen LogP contribution in [0.3, 0.4) is 0 Å². The van der Waals surface area contributed by atoms with Gasteiger partial charge in [-0.2, -0.15) is 0 Å². The lowest BCUT2D eigenvalue weighted by molar-refractivity contribution is -0.119. The Morgan fingerprint density at radius 3 is 2.93 bits per heavy atom. The molecule has 0 aromatic carbocycles. The van der Waals surface area contributed by atoms with Crippen LogP contribution >= 0.6 is 24.0 Å². The highest BCUT2D eigenvalue weighted by molar-refractivity contribution is 14.0. The van der Waals surface area contributed by atoms with Gasteiger partial charge in [-0.3, -0.25) is 9.79 Å². The Hall–Kier alpha value is -1.58. The molecule has 0 bridgehead atoms. The first-order chi connectivity index (χ1) is 12.6. The number of aromatic nitrogens is 1. The molecule has 1 aromatic rings. The minimum absolute atomic E-state index is 0. The second-order valence-corrected chi connectivity index (χ2v) is 7.28. The average Bonchev–Trinajstić information content (AvgIpc) is 3.45. The first kappa shape index (κ1) is 21.7. The standard InChI is InChI=1S/C19H29N5O2.HI/c1-21-19(24-8-2-3-16(12-24)9-17(20)25)23-11-15-6-7-22-18(10-15)26-13-14-4-5-14;/h6-7,10,14,16H,2-5,8-9,11-13H2,1H3,(H2,20,25)(H,21,23);1H. The van der Waals surface area contributed by atoms with Crippen molar-refractivity contribution in [2.45, 2.75) is 38.6 Å². The molecule has 27 heavy (non-hydrogen) atoms. The molecule has 2 fully saturated rings. The molecular formula is C19H30IN5O2. The van der Waals surface area contributed by atoms with Gasteiger partial charge in [0.1, 0.15) is 0 Å². The monoisotopic (exact) mass is 487 g/mol. The Bertz CT molecular complexity index is 651. The highest BCUT2D eigenvalue weighted by atomic mass is 127. The molecular weight excluding hydrogens is 457 g/mol. The van der Waals surface area contributed by atoms with E-state index >= 15 is 0 Å². The van der Waals surface area contributed by atoms with Crippen LogP contribution in [0.1, 0.15) is 37.7 Å². The summed E-state index contributed by atoms with van der Waals surface area (Å²) < 4.78 is 5.75. The number of amides is 1. The Kier molecular flexibility index (Phi) is 8.59. The molecule has 1 amide bonds. The van der Waals surface area contributed by atoms with Crippen LogP contribution in [0.2, 0.25) is 0 Å². The molecule has 7 nitrogen and oxygen atoms in total. The van der Waals surface area contributed by atoms with Crippen LogP contribution in [0.4, 0.5) is 0 Å². The lowest BCUT2D eigenvalue weighted by atomic mass is 9.95. The van der Waals surface area contributed by atoms with Crippen LogP contribution in [0.15, 0.2) is 23.3 Å². The number of hydrogen-bond acceptors (Lipinski definition) is 4. The number of carbonyl (C=O) groups is 1. The highest BCUT2D eigenvalue weighted by Crippen LogP contribution is 2.29. The first-order valence-electron chi connectivity index (χ1n) is 9.45. The summed E-state index contributed by atoms with van der Waals surface area (Å²) in [6.45, 7) is 3.18. The van der Waals surface area contributed by atoms with Crippen LogP contribution in [-0.4, -0.2) is 48.5 Å². The van der Waals surface area contributed by atoms with Crippen molar-refractivity contribution < 1.29 is 9.53 Å². The normalized spacial score (nSPS) is 20.0. The molecule has 1 aliphatic heterocycles. The van der Waals surface area contributed by atoms with Crippen LogP contribution < -0.4 is 15.8 Å². The number of carbonyl (C=O) groups excluding carboxylic acids is 1. The van der Waals surface area contributed by atoms with E-state index in [-0.39, 0.29) is 29.9 Å². The maximum atomic E-state index is 11.2. The number of halogens is 1. The van der Waals surface area contributed by atoms with E-state index in [2.05, 4.69) is 20.2 Å². The summed E-state index contributed by atoms with van der Waals surface area (Å²) in [7, 11) is 1.79. The van der Waals surface area contributed by atoms with Gasteiger partial charge < -0.3 is 20.7 Å². The van der Waals surface area contributed by atoms with E-state index < -0.39 is 0 Å². The van der Waals surface area contributed by atoms with Crippen LogP contribution in [0.5, 0.6) is 5.88 Å². The number of likely N-dealkylation sites (tertiary alicyclic amines) is 1. The van der Waals surface area contributed by atoms with Gasteiger partial charge in [0, 0.05) is 45.4 Å². The molecule has 1 unspecified atom stereocenters. The largest absolute Gasteiger partial charge is 0.477 e. The fourth-order valence-electron chi connectivity index (χ4n) is 3.35. The van der Waals surface area contributed by atoms with E-state index in [1.807, 2.05) is 12.1 Å². The van der Waals surface area contributed by atoms with E-state index in [0.717, 1.165) is 44.1 Å². The van der Waals surface area contributed by atoms with Gasteiger partial charge in [0.15, 0.2) is 5.96 Å². The third-order valence-corrected chi connectivity index (χ3v) is 4.93. The number of nitrogens with zero attached hydrogens (tertiary/aromatic N) is 3. The van der Waals surface area contributed by atoms with Gasteiger partial charge in [-0.05, 0) is 49.1 Å². The number of hydrogen-bond donors (Lipinski definition) is 2. The van der Waals surface area contributed by atoms with Crippen molar-refractivity contribution in [3.05, 3.63) is 23.9 Å². The molecule has 1 saturated heterocycles. The van der Waals surface area contributed by atoms with E-state index in [0.29, 0.717) is 30.7 Å². The van der Waals surface area contributed by atoms with E-state index in [1.54, 1.807) is 13.2 Å². The lowest BCUT2D eigenvalue weighted by Gasteiger charge is -2.34. The topological polar surface area (TPSA) is 92.8 Å². The number of nitrogens with two attached hydrogens (primary N) is 1. The van der Waals surface area contributed by atoms with E-state index in [9.17, 15) is 4.79 Å². The molecule has 3 rings (SSSR count). The number of guanidine groups is 1. The summed E-state index contributed by atoms with van der Waals surface area (Å²) in [6, 6.07) is 3.96. The molecule has 2 aliphatic rings. The number of rotatable bonds is 7. The fourth-order valence-corrected chi connectivity index (χ4v) is 3.35. The number of pyridine rings is 1. The maximum absolute atomic E-state index is 11.2. The zero-order valence-corrected chi connectivity index (χ0v) is 18.2. The number of aliphatic imine (C=N–C) groups is 1. The Morgan fingerprint density at radius 1 is 1.41 bits per heavy atom. The predicted molar refractivity (Wildman–Crippen MR) is 116 cm³/mol. The third-order valence-electron chi connectivity index (χ3n) is 4.93. The summed E-state index contributed by atoms with van der Waals surface area (Å²) in [5.74, 6) is 2.34. The molecule has 1 aliphatic carbocycles. The van der Waals surface area contributed by atoms with Crippen LogP contribution in [0.25, 0.3) is 0 Å². The molecule has 1 atom stereocenters. The zero-order chi connectivity index (χ0) is 18.4. The van der Waals surface area contributed by atoms with Gasteiger partial charge in [-0.1, -0.05) is 0 Å². The molecule has 150 valence electrons. The fraction of sp³-hybridized carbons (Fsp3) is 0.632. The molecule has 1 saturated carbocycles. The summed E-state index contributed by atoms with van der Waals surface area (Å²) in [6.07, 6.45) is 6.86. The minimum Gasteiger partial charge on any atom is -0.477 e. The second kappa shape index (κ2) is 10.7. The van der Waals surface area contributed by atoms with Gasteiger partial charge in [-0.15, -0.1) is 24.0 Å². The highest BCUT2D eigenvalue weighted by Gasteiger charge is 2.24. The van der Waals surface area contributed by atoms with Gasteiger partial charge in [0.05, 0.1) is 6.61 Å².